The molecule has 1 aromatic carbocycles. The lowest BCUT2D eigenvalue weighted by molar-refractivity contribution is 0.106. The van der Waals surface area contributed by atoms with Crippen molar-refractivity contribution in [1.29, 1.82) is 0 Å². The number of aryl methyl sites for hydroxylation is 1. The Morgan fingerprint density at radius 2 is 2.08 bits per heavy atom. The molecule has 0 saturated carbocycles. The predicted molar refractivity (Wildman–Crippen MR) is 50.6 cm³/mol. The van der Waals surface area contributed by atoms with Crippen LogP contribution in [0.1, 0.15) is 15.9 Å². The van der Waals surface area contributed by atoms with Gasteiger partial charge < -0.3 is 5.21 Å². The van der Waals surface area contributed by atoms with Crippen molar-refractivity contribution in [3.8, 4) is 0 Å². The molecule has 0 spiro atoms. The number of oxime groups is 1. The van der Waals surface area contributed by atoms with Crippen LogP contribution in [0.25, 0.3) is 0 Å². The zero-order valence-corrected chi connectivity index (χ0v) is 7.75. The second-order valence-electron chi connectivity index (χ2n) is 2.53. The van der Waals surface area contributed by atoms with Gasteiger partial charge in [-0.05, 0) is 12.5 Å². The summed E-state index contributed by atoms with van der Waals surface area (Å²) in [6, 6.07) is 6.96. The van der Waals surface area contributed by atoms with Crippen molar-refractivity contribution < 1.29 is 10.0 Å². The molecule has 0 radical (unpaired) electrons. The Hall–Kier alpha value is -1.35. The highest BCUT2D eigenvalue weighted by atomic mass is 35.5. The number of hydrogen-bond donors (Lipinski definition) is 1. The van der Waals surface area contributed by atoms with Crippen LogP contribution < -0.4 is 0 Å². The van der Waals surface area contributed by atoms with Gasteiger partial charge in [0.05, 0.1) is 0 Å². The van der Waals surface area contributed by atoms with E-state index in [9.17, 15) is 4.79 Å². The van der Waals surface area contributed by atoms with Crippen LogP contribution in [-0.2, 0) is 0 Å². The van der Waals surface area contributed by atoms with Gasteiger partial charge in [-0.3, -0.25) is 4.79 Å². The molecule has 0 aromatic heterocycles. The Labute approximate surface area is 80.6 Å². The molecule has 0 aliphatic carbocycles. The van der Waals surface area contributed by atoms with Crippen molar-refractivity contribution in [1.82, 2.24) is 0 Å². The Morgan fingerprint density at radius 3 is 2.62 bits per heavy atom. The van der Waals surface area contributed by atoms with Crippen LogP contribution in [0.5, 0.6) is 0 Å². The number of rotatable bonds is 2. The summed E-state index contributed by atoms with van der Waals surface area (Å²) in [5, 5.41) is 10.5. The molecule has 0 unspecified atom stereocenters. The molecule has 1 aromatic rings. The molecule has 1 rings (SSSR count). The van der Waals surface area contributed by atoms with E-state index in [4.69, 9.17) is 16.8 Å². The second kappa shape index (κ2) is 4.05. The van der Waals surface area contributed by atoms with Gasteiger partial charge in [-0.2, -0.15) is 0 Å². The molecule has 0 heterocycles. The third-order valence-corrected chi connectivity index (χ3v) is 1.91. The van der Waals surface area contributed by atoms with Crippen LogP contribution in [0.4, 0.5) is 0 Å². The van der Waals surface area contributed by atoms with Gasteiger partial charge in [0.1, 0.15) is 0 Å². The Bertz CT molecular complexity index is 360. The summed E-state index contributed by atoms with van der Waals surface area (Å²) in [6.45, 7) is 1.79. The molecule has 3 nitrogen and oxygen atoms in total. The number of benzene rings is 1. The van der Waals surface area contributed by atoms with Gasteiger partial charge in [-0.25, -0.2) is 0 Å². The number of ketones is 1. The van der Waals surface area contributed by atoms with E-state index in [1.54, 1.807) is 25.1 Å². The summed E-state index contributed by atoms with van der Waals surface area (Å²) < 4.78 is 0. The van der Waals surface area contributed by atoms with Gasteiger partial charge in [-0.1, -0.05) is 41.0 Å². The van der Waals surface area contributed by atoms with Gasteiger partial charge >= 0.3 is 0 Å². The summed E-state index contributed by atoms with van der Waals surface area (Å²) >= 11 is 5.37. The number of hydrogen-bond acceptors (Lipinski definition) is 3. The molecular weight excluding hydrogens is 190 g/mol. The second-order valence-corrected chi connectivity index (χ2v) is 2.89. The molecule has 0 fully saturated rings. The SMILES string of the molecule is Cc1ccccc1C(=O)/C(Cl)=N\O. The lowest BCUT2D eigenvalue weighted by Crippen LogP contribution is -2.09. The monoisotopic (exact) mass is 197 g/mol. The van der Waals surface area contributed by atoms with E-state index >= 15 is 0 Å². The Morgan fingerprint density at radius 1 is 1.46 bits per heavy atom. The average molecular weight is 198 g/mol. The van der Waals surface area contributed by atoms with E-state index in [1.807, 2.05) is 6.07 Å². The fraction of sp³-hybridized carbons (Fsp3) is 0.111. The van der Waals surface area contributed by atoms with Crippen molar-refractivity contribution in [3.05, 3.63) is 35.4 Å². The van der Waals surface area contributed by atoms with Gasteiger partial charge in [0, 0.05) is 5.56 Å². The summed E-state index contributed by atoms with van der Waals surface area (Å²) in [5.74, 6) is -0.470. The quantitative estimate of drug-likeness (QED) is 0.342. The molecule has 0 aliphatic rings. The minimum Gasteiger partial charge on any atom is -0.410 e. The largest absolute Gasteiger partial charge is 0.410 e. The molecular formula is C9H8ClNO2. The molecule has 0 bridgehead atoms. The first-order valence-corrected chi connectivity index (χ1v) is 4.02. The minimum atomic E-state index is -0.470. The fourth-order valence-electron chi connectivity index (χ4n) is 0.984. The Balaban J connectivity index is 3.10. The maximum atomic E-state index is 11.4. The van der Waals surface area contributed by atoms with E-state index in [1.165, 1.54) is 0 Å². The first kappa shape index (κ1) is 9.74. The van der Waals surface area contributed by atoms with Crippen LogP contribution in [0, 0.1) is 6.92 Å². The minimum absolute atomic E-state index is 0.422. The first-order chi connectivity index (χ1) is 6.16. The molecule has 0 amide bonds. The van der Waals surface area contributed by atoms with E-state index < -0.39 is 11.0 Å². The lowest BCUT2D eigenvalue weighted by Gasteiger charge is -2.00. The van der Waals surface area contributed by atoms with Gasteiger partial charge in [-0.15, -0.1) is 0 Å². The highest BCUT2D eigenvalue weighted by molar-refractivity contribution is 6.84. The van der Waals surface area contributed by atoms with Crippen molar-refractivity contribution in [2.45, 2.75) is 6.92 Å². The normalized spacial score (nSPS) is 11.4. The van der Waals surface area contributed by atoms with Crippen LogP contribution in [-0.4, -0.2) is 16.2 Å². The molecule has 4 heteroatoms. The van der Waals surface area contributed by atoms with Crippen LogP contribution in [0.2, 0.25) is 0 Å². The Kier molecular flexibility index (Phi) is 3.03. The van der Waals surface area contributed by atoms with E-state index in [0.717, 1.165) is 5.56 Å². The predicted octanol–water partition coefficient (Wildman–Crippen LogP) is 2.20. The summed E-state index contributed by atoms with van der Waals surface area (Å²) in [7, 11) is 0. The van der Waals surface area contributed by atoms with Crippen LogP contribution in [0.3, 0.4) is 0 Å². The molecule has 1 N–H and O–H groups in total. The van der Waals surface area contributed by atoms with Crippen molar-refractivity contribution in [3.63, 3.8) is 0 Å². The smallest absolute Gasteiger partial charge is 0.226 e. The molecule has 0 aliphatic heterocycles. The fourth-order valence-corrected chi connectivity index (χ4v) is 1.09. The number of carbonyl (C=O) groups excluding carboxylic acids is 1. The summed E-state index contributed by atoms with van der Waals surface area (Å²) in [6.07, 6.45) is 0. The summed E-state index contributed by atoms with van der Waals surface area (Å²) in [4.78, 5) is 11.4. The molecule has 68 valence electrons. The molecule has 0 atom stereocenters. The summed E-state index contributed by atoms with van der Waals surface area (Å²) in [5.41, 5.74) is 1.25. The van der Waals surface area contributed by atoms with Crippen LogP contribution in [0.15, 0.2) is 29.4 Å². The molecule has 0 saturated heterocycles. The van der Waals surface area contributed by atoms with E-state index in [0.29, 0.717) is 5.56 Å². The topological polar surface area (TPSA) is 49.7 Å². The van der Waals surface area contributed by atoms with E-state index in [2.05, 4.69) is 5.16 Å². The molecule has 13 heavy (non-hydrogen) atoms. The number of carbonyl (C=O) groups is 1. The zero-order valence-electron chi connectivity index (χ0n) is 6.99. The van der Waals surface area contributed by atoms with Gasteiger partial charge in [0.15, 0.2) is 0 Å². The number of nitrogens with zero attached hydrogens (tertiary/aromatic N) is 1. The highest BCUT2D eigenvalue weighted by Crippen LogP contribution is 2.09. The number of halogens is 1. The zero-order chi connectivity index (χ0) is 9.84. The van der Waals surface area contributed by atoms with Gasteiger partial charge in [0.25, 0.3) is 0 Å². The van der Waals surface area contributed by atoms with Crippen molar-refractivity contribution >= 4 is 22.6 Å². The van der Waals surface area contributed by atoms with Gasteiger partial charge in [0.2, 0.25) is 11.0 Å². The maximum absolute atomic E-state index is 11.4. The third-order valence-electron chi connectivity index (χ3n) is 1.66. The van der Waals surface area contributed by atoms with E-state index in [-0.39, 0.29) is 0 Å². The highest BCUT2D eigenvalue weighted by Gasteiger charge is 2.13. The maximum Gasteiger partial charge on any atom is 0.226 e. The van der Waals surface area contributed by atoms with Crippen molar-refractivity contribution in [2.75, 3.05) is 0 Å². The standard InChI is InChI=1S/C9H8ClNO2/c1-6-4-2-3-5-7(6)8(12)9(10)11-13/h2-5,13H,1H3/b11-9+. The first-order valence-electron chi connectivity index (χ1n) is 3.64. The third kappa shape index (κ3) is 2.06. The van der Waals surface area contributed by atoms with Crippen molar-refractivity contribution in [2.24, 2.45) is 5.16 Å². The number of Topliss-reactive ketones (excluding diaryl/α,β-unsaturated/α-hetero) is 1. The average Bonchev–Trinajstić information content (AvgIpc) is 2.16. The van der Waals surface area contributed by atoms with Crippen LogP contribution >= 0.6 is 11.6 Å². The lowest BCUT2D eigenvalue weighted by atomic mass is 10.1.